The van der Waals surface area contributed by atoms with Gasteiger partial charge < -0.3 is 0 Å². The number of rotatable bonds is 2. The fraction of sp³-hybridized carbons (Fsp3) is 0. The highest BCUT2D eigenvalue weighted by atomic mass is 32.1. The Balaban J connectivity index is 1.16. The predicted octanol–water partition coefficient (Wildman–Crippen LogP) is 13.2. The molecular weight excluding hydrogens is 561 g/mol. The van der Waals surface area contributed by atoms with E-state index in [2.05, 4.69) is 158 Å². The van der Waals surface area contributed by atoms with Crippen molar-refractivity contribution in [3.63, 3.8) is 0 Å². The highest BCUT2D eigenvalue weighted by Crippen LogP contribution is 2.45. The van der Waals surface area contributed by atoms with Crippen LogP contribution in [0, 0.1) is 0 Å². The molecule has 0 amide bonds. The van der Waals surface area contributed by atoms with Crippen LogP contribution in [0.1, 0.15) is 0 Å². The molecule has 45 heavy (non-hydrogen) atoms. The van der Waals surface area contributed by atoms with Gasteiger partial charge in [0.2, 0.25) is 0 Å². The van der Waals surface area contributed by atoms with Gasteiger partial charge in [-0.1, -0.05) is 146 Å². The second kappa shape index (κ2) is 9.50. The molecule has 0 nitrogen and oxygen atoms in total. The zero-order chi connectivity index (χ0) is 29.5. The first-order valence-corrected chi connectivity index (χ1v) is 16.3. The first-order chi connectivity index (χ1) is 22.3. The number of hydrogen-bond acceptors (Lipinski definition) is 1. The minimum absolute atomic E-state index is 1.24. The van der Waals surface area contributed by atoms with E-state index in [9.17, 15) is 0 Å². The van der Waals surface area contributed by atoms with Gasteiger partial charge in [-0.2, -0.15) is 0 Å². The summed E-state index contributed by atoms with van der Waals surface area (Å²) in [6.45, 7) is 0. The molecule has 1 heterocycles. The van der Waals surface area contributed by atoms with Crippen LogP contribution in [0.3, 0.4) is 0 Å². The highest BCUT2D eigenvalue weighted by Gasteiger charge is 2.16. The zero-order valence-corrected chi connectivity index (χ0v) is 25.2. The van der Waals surface area contributed by atoms with Gasteiger partial charge in [-0.3, -0.25) is 0 Å². The Morgan fingerprint density at radius 3 is 1.36 bits per heavy atom. The average molecular weight is 587 g/mol. The van der Waals surface area contributed by atoms with Crippen LogP contribution in [-0.2, 0) is 0 Å². The summed E-state index contributed by atoms with van der Waals surface area (Å²) in [5, 5.41) is 15.9. The van der Waals surface area contributed by atoms with Crippen molar-refractivity contribution >= 4 is 85.4 Å². The predicted molar refractivity (Wildman–Crippen MR) is 198 cm³/mol. The molecule has 9 aromatic carbocycles. The molecule has 0 unspecified atom stereocenters. The summed E-state index contributed by atoms with van der Waals surface area (Å²) >= 11 is 1.91. The quantitative estimate of drug-likeness (QED) is 0.177. The Morgan fingerprint density at radius 2 is 0.733 bits per heavy atom. The van der Waals surface area contributed by atoms with Crippen LogP contribution >= 0.6 is 11.3 Å². The lowest BCUT2D eigenvalue weighted by molar-refractivity contribution is 1.63. The molecule has 1 heteroatoms. The molecule has 0 spiro atoms. The maximum absolute atomic E-state index is 2.40. The van der Waals surface area contributed by atoms with Crippen molar-refractivity contribution in [2.75, 3.05) is 0 Å². The van der Waals surface area contributed by atoms with Gasteiger partial charge in [-0.15, -0.1) is 11.3 Å². The normalized spacial score (nSPS) is 12.0. The van der Waals surface area contributed by atoms with E-state index in [-0.39, 0.29) is 0 Å². The van der Waals surface area contributed by atoms with E-state index in [4.69, 9.17) is 0 Å². The van der Waals surface area contributed by atoms with Crippen LogP contribution in [0.2, 0.25) is 0 Å². The Morgan fingerprint density at radius 1 is 0.289 bits per heavy atom. The number of thiophene rings is 1. The van der Waals surface area contributed by atoms with E-state index in [1.807, 2.05) is 11.3 Å². The van der Waals surface area contributed by atoms with Crippen molar-refractivity contribution < 1.29 is 0 Å². The fourth-order valence-electron chi connectivity index (χ4n) is 7.62. The Hall–Kier alpha value is -5.50. The number of hydrogen-bond donors (Lipinski definition) is 0. The summed E-state index contributed by atoms with van der Waals surface area (Å²) in [7, 11) is 0. The molecule has 0 aliphatic rings. The molecule has 10 rings (SSSR count). The van der Waals surface area contributed by atoms with E-state index >= 15 is 0 Å². The first-order valence-electron chi connectivity index (χ1n) is 15.5. The smallest absolute Gasteiger partial charge is 0.0440 e. The molecule has 0 atom stereocenters. The Kier molecular flexibility index (Phi) is 5.25. The molecule has 0 saturated heterocycles. The molecule has 0 bridgehead atoms. The third kappa shape index (κ3) is 3.59. The van der Waals surface area contributed by atoms with Gasteiger partial charge in [-0.25, -0.2) is 0 Å². The van der Waals surface area contributed by atoms with Crippen LogP contribution in [0.4, 0.5) is 0 Å². The molecule has 0 aliphatic heterocycles. The van der Waals surface area contributed by atoms with Gasteiger partial charge in [0.05, 0.1) is 0 Å². The molecule has 1 aromatic heterocycles. The third-order valence-electron chi connectivity index (χ3n) is 9.64. The molecule has 0 aliphatic carbocycles. The number of fused-ring (bicyclic) bond motifs is 14. The van der Waals surface area contributed by atoms with Crippen molar-refractivity contribution in [1.29, 1.82) is 0 Å². The third-order valence-corrected chi connectivity index (χ3v) is 10.8. The molecule has 0 N–H and O–H groups in total. The lowest BCUT2D eigenvalue weighted by Crippen LogP contribution is -1.87. The largest absolute Gasteiger partial charge is 0.135 e. The summed E-state index contributed by atoms with van der Waals surface area (Å²) in [5.41, 5.74) is 5.00. The lowest BCUT2D eigenvalue weighted by Gasteiger charge is -2.14. The zero-order valence-electron chi connectivity index (χ0n) is 24.4. The average Bonchev–Trinajstić information content (AvgIpc) is 3.51. The lowest BCUT2D eigenvalue weighted by atomic mass is 9.89. The first kappa shape index (κ1) is 24.9. The van der Waals surface area contributed by atoms with Gasteiger partial charge in [0.15, 0.2) is 0 Å². The van der Waals surface area contributed by atoms with E-state index in [0.29, 0.717) is 0 Å². The fourth-order valence-corrected chi connectivity index (χ4v) is 8.86. The summed E-state index contributed by atoms with van der Waals surface area (Å²) in [5.74, 6) is 0. The minimum Gasteiger partial charge on any atom is -0.135 e. The Bertz CT molecular complexity index is 2750. The van der Waals surface area contributed by atoms with Crippen LogP contribution in [0.5, 0.6) is 0 Å². The molecule has 208 valence electrons. The van der Waals surface area contributed by atoms with Crippen molar-refractivity contribution in [1.82, 2.24) is 0 Å². The molecule has 0 radical (unpaired) electrons. The number of benzene rings is 9. The van der Waals surface area contributed by atoms with Crippen molar-refractivity contribution in [2.24, 2.45) is 0 Å². The second-order valence-corrected chi connectivity index (χ2v) is 13.1. The van der Waals surface area contributed by atoms with Crippen molar-refractivity contribution in [2.45, 2.75) is 0 Å². The summed E-state index contributed by atoms with van der Waals surface area (Å²) in [4.78, 5) is 0. The van der Waals surface area contributed by atoms with E-state index in [1.165, 1.54) is 96.3 Å². The van der Waals surface area contributed by atoms with Crippen LogP contribution < -0.4 is 0 Å². The maximum Gasteiger partial charge on any atom is 0.0440 e. The van der Waals surface area contributed by atoms with E-state index in [1.54, 1.807) is 0 Å². The molecule has 10 aromatic rings. The van der Waals surface area contributed by atoms with Crippen LogP contribution in [0.15, 0.2) is 158 Å². The highest BCUT2D eigenvalue weighted by molar-refractivity contribution is 7.27. The summed E-state index contributed by atoms with van der Waals surface area (Å²) in [6, 6.07) is 58.3. The second-order valence-electron chi connectivity index (χ2n) is 12.0. The monoisotopic (exact) mass is 586 g/mol. The SMILES string of the molecule is c1ccc2c(c1)c1ccccc1c1c(-c3ccc(-c4ccc5sc6c7ccccc7c7ccccc7c6c5c4)cc3)cccc21. The van der Waals surface area contributed by atoms with Gasteiger partial charge in [0.1, 0.15) is 0 Å². The molecule has 0 fully saturated rings. The van der Waals surface area contributed by atoms with Gasteiger partial charge in [0, 0.05) is 25.6 Å². The van der Waals surface area contributed by atoms with Crippen molar-refractivity contribution in [3.05, 3.63) is 158 Å². The summed E-state index contributed by atoms with van der Waals surface area (Å²) < 4.78 is 2.71. The molecular formula is C44H26S. The minimum atomic E-state index is 1.24. The maximum atomic E-state index is 2.40. The van der Waals surface area contributed by atoms with Gasteiger partial charge in [-0.05, 0) is 82.9 Å². The van der Waals surface area contributed by atoms with Crippen LogP contribution in [-0.4, -0.2) is 0 Å². The van der Waals surface area contributed by atoms with Gasteiger partial charge in [0.25, 0.3) is 0 Å². The standard InChI is InChI=1S/C44H26S/c1-2-11-33-31(10-1)32-12-3-6-15-36(32)42-30(18-9-19-37(33)42)28-22-20-27(21-23-28)29-24-25-41-40(26-29)43-38-16-7-4-13-34(38)35-14-5-8-17-39(35)44(43)45-41/h1-26H. The van der Waals surface area contributed by atoms with E-state index in [0.717, 1.165) is 0 Å². The summed E-state index contributed by atoms with van der Waals surface area (Å²) in [6.07, 6.45) is 0. The van der Waals surface area contributed by atoms with Gasteiger partial charge >= 0.3 is 0 Å². The van der Waals surface area contributed by atoms with E-state index < -0.39 is 0 Å². The Labute approximate surface area is 264 Å². The molecule has 0 saturated carbocycles. The van der Waals surface area contributed by atoms with Crippen LogP contribution in [0.25, 0.3) is 96.3 Å². The van der Waals surface area contributed by atoms with Crippen molar-refractivity contribution in [3.8, 4) is 22.3 Å². The topological polar surface area (TPSA) is 0 Å².